The third kappa shape index (κ3) is 3.82. The van der Waals surface area contributed by atoms with Crippen molar-refractivity contribution in [3.05, 3.63) is 59.7 Å². The lowest BCUT2D eigenvalue weighted by Crippen LogP contribution is -2.42. The molecule has 5 heteroatoms. The number of carbonyl (C=O) groups excluding carboxylic acids is 2. The molecule has 1 N–H and O–H groups in total. The SMILES string of the molecule is CCc1ccccc1NC(=O)CN(C)C(=O)C1Cc2ccccc2O1. The Balaban J connectivity index is 1.58. The number of nitrogens with zero attached hydrogens (tertiary/aromatic N) is 1. The van der Waals surface area contributed by atoms with Gasteiger partial charge in [-0.1, -0.05) is 43.3 Å². The molecular weight excluding hydrogens is 316 g/mol. The van der Waals surface area contributed by atoms with Gasteiger partial charge in [-0.15, -0.1) is 0 Å². The highest BCUT2D eigenvalue weighted by Crippen LogP contribution is 2.28. The first-order valence-electron chi connectivity index (χ1n) is 8.45. The molecule has 0 fully saturated rings. The smallest absolute Gasteiger partial charge is 0.264 e. The van der Waals surface area contributed by atoms with E-state index in [4.69, 9.17) is 4.74 Å². The number of rotatable bonds is 5. The van der Waals surface area contributed by atoms with Gasteiger partial charge in [0.2, 0.25) is 5.91 Å². The summed E-state index contributed by atoms with van der Waals surface area (Å²) in [5.74, 6) is 0.345. The van der Waals surface area contributed by atoms with E-state index in [1.54, 1.807) is 7.05 Å². The van der Waals surface area contributed by atoms with Gasteiger partial charge in [0.15, 0.2) is 6.10 Å². The Morgan fingerprint density at radius 3 is 2.64 bits per heavy atom. The van der Waals surface area contributed by atoms with Gasteiger partial charge < -0.3 is 15.0 Å². The molecule has 1 heterocycles. The number of carbonyl (C=O) groups is 2. The van der Waals surface area contributed by atoms with E-state index in [9.17, 15) is 9.59 Å². The molecule has 0 saturated carbocycles. The maximum Gasteiger partial charge on any atom is 0.264 e. The highest BCUT2D eigenvalue weighted by molar-refractivity contribution is 5.95. The minimum absolute atomic E-state index is 0.00686. The zero-order valence-electron chi connectivity index (χ0n) is 14.5. The third-order valence-corrected chi connectivity index (χ3v) is 4.35. The highest BCUT2D eigenvalue weighted by atomic mass is 16.5. The number of amides is 2. The lowest BCUT2D eigenvalue weighted by Gasteiger charge is -2.20. The van der Waals surface area contributed by atoms with Crippen LogP contribution in [0.1, 0.15) is 18.1 Å². The molecule has 0 aliphatic carbocycles. The summed E-state index contributed by atoms with van der Waals surface area (Å²) in [6.45, 7) is 2.03. The number of anilines is 1. The molecule has 1 aliphatic heterocycles. The summed E-state index contributed by atoms with van der Waals surface area (Å²) in [4.78, 5) is 26.2. The second-order valence-electron chi connectivity index (χ2n) is 6.17. The van der Waals surface area contributed by atoms with Crippen molar-refractivity contribution in [1.29, 1.82) is 0 Å². The molecule has 0 aromatic heterocycles. The molecule has 130 valence electrons. The van der Waals surface area contributed by atoms with E-state index in [0.29, 0.717) is 6.42 Å². The van der Waals surface area contributed by atoms with Gasteiger partial charge in [-0.25, -0.2) is 0 Å². The van der Waals surface area contributed by atoms with E-state index in [2.05, 4.69) is 5.32 Å². The van der Waals surface area contributed by atoms with Crippen molar-refractivity contribution in [2.24, 2.45) is 0 Å². The molecular formula is C20H22N2O3. The van der Waals surface area contributed by atoms with Crippen molar-refractivity contribution in [3.8, 4) is 5.75 Å². The summed E-state index contributed by atoms with van der Waals surface area (Å²) >= 11 is 0. The molecule has 3 rings (SSSR count). The second-order valence-corrected chi connectivity index (χ2v) is 6.17. The maximum atomic E-state index is 12.5. The Hall–Kier alpha value is -2.82. The second kappa shape index (κ2) is 7.38. The number of aryl methyl sites for hydroxylation is 1. The number of hydrogen-bond acceptors (Lipinski definition) is 3. The van der Waals surface area contributed by atoms with Crippen LogP contribution in [0.2, 0.25) is 0 Å². The van der Waals surface area contributed by atoms with Crippen LogP contribution in [0.15, 0.2) is 48.5 Å². The predicted octanol–water partition coefficient (Wildman–Crippen LogP) is 2.65. The molecule has 5 nitrogen and oxygen atoms in total. The molecule has 0 saturated heterocycles. The molecule has 0 bridgehead atoms. The summed E-state index contributed by atoms with van der Waals surface area (Å²) in [5, 5.41) is 2.88. The molecule has 25 heavy (non-hydrogen) atoms. The van der Waals surface area contributed by atoms with Crippen LogP contribution in [-0.2, 0) is 22.4 Å². The first kappa shape index (κ1) is 17.0. The third-order valence-electron chi connectivity index (χ3n) is 4.35. The average Bonchev–Trinajstić information content (AvgIpc) is 3.05. The van der Waals surface area contributed by atoms with Gasteiger partial charge in [0.1, 0.15) is 5.75 Å². The summed E-state index contributed by atoms with van der Waals surface area (Å²) in [6.07, 6.45) is 0.817. The normalized spacial score (nSPS) is 15.2. The van der Waals surface area contributed by atoms with Gasteiger partial charge in [0.05, 0.1) is 6.54 Å². The zero-order valence-corrected chi connectivity index (χ0v) is 14.5. The van der Waals surface area contributed by atoms with Gasteiger partial charge in [0.25, 0.3) is 5.91 Å². The van der Waals surface area contributed by atoms with Crippen molar-refractivity contribution >= 4 is 17.5 Å². The zero-order chi connectivity index (χ0) is 17.8. The Bertz CT molecular complexity index is 763. The topological polar surface area (TPSA) is 58.6 Å². The number of hydrogen-bond donors (Lipinski definition) is 1. The highest BCUT2D eigenvalue weighted by Gasteiger charge is 2.31. The minimum Gasteiger partial charge on any atom is -0.480 e. The molecule has 0 radical (unpaired) electrons. The Morgan fingerprint density at radius 2 is 1.88 bits per heavy atom. The van der Waals surface area contributed by atoms with Crippen molar-refractivity contribution in [3.63, 3.8) is 0 Å². The quantitative estimate of drug-likeness (QED) is 0.912. The fraction of sp³-hybridized carbons (Fsp3) is 0.300. The number of benzene rings is 2. The monoisotopic (exact) mass is 338 g/mol. The van der Waals surface area contributed by atoms with Crippen molar-refractivity contribution in [1.82, 2.24) is 4.90 Å². The first-order chi connectivity index (χ1) is 12.1. The predicted molar refractivity (Wildman–Crippen MR) is 96.6 cm³/mol. The summed E-state index contributed by atoms with van der Waals surface area (Å²) in [5.41, 5.74) is 2.88. The van der Waals surface area contributed by atoms with E-state index >= 15 is 0 Å². The lowest BCUT2D eigenvalue weighted by molar-refractivity contribution is -0.139. The summed E-state index contributed by atoms with van der Waals surface area (Å²) < 4.78 is 5.70. The Morgan fingerprint density at radius 1 is 1.16 bits per heavy atom. The van der Waals surface area contributed by atoms with E-state index in [0.717, 1.165) is 29.0 Å². The Labute approximate surface area is 147 Å². The van der Waals surface area contributed by atoms with Crippen LogP contribution in [0.25, 0.3) is 0 Å². The van der Waals surface area contributed by atoms with Crippen LogP contribution in [0.4, 0.5) is 5.69 Å². The van der Waals surface area contributed by atoms with Gasteiger partial charge >= 0.3 is 0 Å². The van der Waals surface area contributed by atoms with Gasteiger partial charge in [-0.3, -0.25) is 9.59 Å². The van der Waals surface area contributed by atoms with Gasteiger partial charge in [0, 0.05) is 19.2 Å². The first-order valence-corrected chi connectivity index (χ1v) is 8.45. The number of nitrogens with one attached hydrogen (secondary N) is 1. The maximum absolute atomic E-state index is 12.5. The van der Waals surface area contributed by atoms with E-state index < -0.39 is 6.10 Å². The summed E-state index contributed by atoms with van der Waals surface area (Å²) in [6, 6.07) is 15.3. The van der Waals surface area contributed by atoms with Crippen LogP contribution in [0.3, 0.4) is 0 Å². The number of likely N-dealkylation sites (N-methyl/N-ethyl adjacent to an activating group) is 1. The number of ether oxygens (including phenoxy) is 1. The van der Waals surface area contributed by atoms with Crippen molar-refractivity contribution in [2.45, 2.75) is 25.9 Å². The van der Waals surface area contributed by atoms with Gasteiger partial charge in [-0.05, 0) is 29.7 Å². The van der Waals surface area contributed by atoms with Crippen LogP contribution < -0.4 is 10.1 Å². The van der Waals surface area contributed by atoms with Gasteiger partial charge in [-0.2, -0.15) is 0 Å². The summed E-state index contributed by atoms with van der Waals surface area (Å²) in [7, 11) is 1.62. The number of para-hydroxylation sites is 2. The van der Waals surface area contributed by atoms with Crippen molar-refractivity contribution < 1.29 is 14.3 Å². The van der Waals surface area contributed by atoms with Crippen LogP contribution in [0.5, 0.6) is 5.75 Å². The van der Waals surface area contributed by atoms with Crippen molar-refractivity contribution in [2.75, 3.05) is 18.9 Å². The standard InChI is InChI=1S/C20H22N2O3/c1-3-14-8-4-6-10-16(14)21-19(23)13-22(2)20(24)18-12-15-9-5-7-11-17(15)25-18/h4-11,18H,3,12-13H2,1-2H3,(H,21,23). The molecule has 2 aromatic rings. The van der Waals surface area contributed by atoms with Crippen LogP contribution in [-0.4, -0.2) is 36.4 Å². The molecule has 2 aromatic carbocycles. The largest absolute Gasteiger partial charge is 0.480 e. The number of fused-ring (bicyclic) bond motifs is 1. The molecule has 1 atom stereocenters. The Kier molecular flexibility index (Phi) is 5.03. The lowest BCUT2D eigenvalue weighted by atomic mass is 10.1. The van der Waals surface area contributed by atoms with Crippen LogP contribution in [0, 0.1) is 0 Å². The van der Waals surface area contributed by atoms with E-state index in [1.807, 2.05) is 55.5 Å². The van der Waals surface area contributed by atoms with E-state index in [-0.39, 0.29) is 18.4 Å². The van der Waals surface area contributed by atoms with E-state index in [1.165, 1.54) is 4.90 Å². The fourth-order valence-corrected chi connectivity index (χ4v) is 3.00. The molecule has 1 aliphatic rings. The molecule has 2 amide bonds. The molecule has 0 spiro atoms. The van der Waals surface area contributed by atoms with Crippen LogP contribution >= 0.6 is 0 Å². The fourth-order valence-electron chi connectivity index (χ4n) is 3.00. The molecule has 1 unspecified atom stereocenters. The minimum atomic E-state index is -0.557. The average molecular weight is 338 g/mol.